The maximum absolute atomic E-state index is 6.21. The summed E-state index contributed by atoms with van der Waals surface area (Å²) in [7, 11) is 0. The maximum Gasteiger partial charge on any atom is 0.0935 e. The molecule has 0 amide bonds. The molecule has 3 heteroatoms. The first-order valence-electron chi connectivity index (χ1n) is 5.20. The summed E-state index contributed by atoms with van der Waals surface area (Å²) < 4.78 is 6.31. The molecule has 84 valence electrons. The van der Waals surface area contributed by atoms with Gasteiger partial charge in [0.1, 0.15) is 0 Å². The summed E-state index contributed by atoms with van der Waals surface area (Å²) in [5, 5.41) is 0. The van der Waals surface area contributed by atoms with E-state index in [1.165, 1.54) is 14.7 Å². The van der Waals surface area contributed by atoms with Gasteiger partial charge in [-0.3, -0.25) is 0 Å². The highest BCUT2D eigenvalue weighted by Crippen LogP contribution is 2.24. The molecule has 1 aromatic carbocycles. The van der Waals surface area contributed by atoms with Gasteiger partial charge in [-0.1, -0.05) is 18.2 Å². The number of benzene rings is 1. The van der Waals surface area contributed by atoms with Gasteiger partial charge in [0.2, 0.25) is 0 Å². The Kier molecular flexibility index (Phi) is 3.66. The van der Waals surface area contributed by atoms with Gasteiger partial charge in [0.05, 0.1) is 12.5 Å². The lowest BCUT2D eigenvalue weighted by atomic mass is 10.00. The average Bonchev–Trinajstić information content (AvgIpc) is 2.74. The molecule has 2 nitrogen and oxygen atoms in total. The fourth-order valence-electron chi connectivity index (χ4n) is 1.73. The fourth-order valence-corrected chi connectivity index (χ4v) is 2.49. The third-order valence-electron chi connectivity index (χ3n) is 2.66. The molecular formula is C13H14INO. The summed E-state index contributed by atoms with van der Waals surface area (Å²) in [6.45, 7) is 2.11. The van der Waals surface area contributed by atoms with Crippen molar-refractivity contribution in [3.63, 3.8) is 0 Å². The van der Waals surface area contributed by atoms with E-state index >= 15 is 0 Å². The van der Waals surface area contributed by atoms with E-state index in [9.17, 15) is 0 Å². The zero-order valence-electron chi connectivity index (χ0n) is 9.11. The molecule has 1 unspecified atom stereocenters. The SMILES string of the molecule is Cc1cccc(C(N)Cc2ccoc2)c1I. The summed E-state index contributed by atoms with van der Waals surface area (Å²) in [6, 6.07) is 8.25. The number of hydrogen-bond donors (Lipinski definition) is 1. The lowest BCUT2D eigenvalue weighted by Crippen LogP contribution is -2.14. The Morgan fingerprint density at radius 1 is 1.38 bits per heavy atom. The van der Waals surface area contributed by atoms with E-state index in [1.54, 1.807) is 12.5 Å². The highest BCUT2D eigenvalue weighted by molar-refractivity contribution is 14.1. The first-order valence-corrected chi connectivity index (χ1v) is 6.28. The average molecular weight is 327 g/mol. The highest BCUT2D eigenvalue weighted by atomic mass is 127. The Labute approximate surface area is 109 Å². The van der Waals surface area contributed by atoms with Gasteiger partial charge in [-0.15, -0.1) is 0 Å². The number of rotatable bonds is 3. The van der Waals surface area contributed by atoms with Crippen LogP contribution in [0.1, 0.15) is 22.7 Å². The molecule has 0 aliphatic carbocycles. The third kappa shape index (κ3) is 2.47. The fraction of sp³-hybridized carbons (Fsp3) is 0.231. The Balaban J connectivity index is 2.21. The molecule has 0 bridgehead atoms. The predicted molar refractivity (Wildman–Crippen MR) is 73.2 cm³/mol. The van der Waals surface area contributed by atoms with E-state index in [0.717, 1.165) is 12.0 Å². The molecule has 0 saturated heterocycles. The molecule has 2 N–H and O–H groups in total. The smallest absolute Gasteiger partial charge is 0.0935 e. The van der Waals surface area contributed by atoms with Crippen LogP contribution in [0.15, 0.2) is 41.2 Å². The highest BCUT2D eigenvalue weighted by Gasteiger charge is 2.12. The van der Waals surface area contributed by atoms with E-state index in [-0.39, 0.29) is 6.04 Å². The van der Waals surface area contributed by atoms with E-state index < -0.39 is 0 Å². The molecule has 1 aromatic heterocycles. The monoisotopic (exact) mass is 327 g/mol. The summed E-state index contributed by atoms with van der Waals surface area (Å²) in [5.74, 6) is 0. The quantitative estimate of drug-likeness (QED) is 0.877. The molecule has 2 aromatic rings. The molecule has 2 rings (SSSR count). The maximum atomic E-state index is 6.21. The molecule has 0 aliphatic heterocycles. The lowest BCUT2D eigenvalue weighted by molar-refractivity contribution is 0.561. The summed E-state index contributed by atoms with van der Waals surface area (Å²) in [4.78, 5) is 0. The molecule has 0 saturated carbocycles. The first kappa shape index (κ1) is 11.7. The minimum atomic E-state index is 0.0319. The van der Waals surface area contributed by atoms with Gasteiger partial charge < -0.3 is 10.2 Å². The van der Waals surface area contributed by atoms with Crippen LogP contribution in [0.4, 0.5) is 0 Å². The summed E-state index contributed by atoms with van der Waals surface area (Å²) in [5.41, 5.74) is 9.84. The van der Waals surface area contributed by atoms with Crippen LogP contribution >= 0.6 is 22.6 Å². The van der Waals surface area contributed by atoms with Crippen molar-refractivity contribution >= 4 is 22.6 Å². The van der Waals surface area contributed by atoms with Crippen molar-refractivity contribution in [1.82, 2.24) is 0 Å². The van der Waals surface area contributed by atoms with Crippen molar-refractivity contribution in [3.8, 4) is 0 Å². The standard InChI is InChI=1S/C13H14INO/c1-9-3-2-4-11(13(9)14)12(15)7-10-5-6-16-8-10/h2-6,8,12H,7,15H2,1H3. The molecule has 1 atom stereocenters. The minimum Gasteiger partial charge on any atom is -0.472 e. The van der Waals surface area contributed by atoms with E-state index in [2.05, 4.69) is 47.7 Å². The van der Waals surface area contributed by atoms with Crippen LogP contribution in [0.3, 0.4) is 0 Å². The normalized spacial score (nSPS) is 12.7. The van der Waals surface area contributed by atoms with Crippen LogP contribution in [0, 0.1) is 10.5 Å². The van der Waals surface area contributed by atoms with Crippen molar-refractivity contribution in [3.05, 3.63) is 57.1 Å². The molecule has 0 spiro atoms. The molecule has 0 fully saturated rings. The van der Waals surface area contributed by atoms with Gasteiger partial charge in [0.25, 0.3) is 0 Å². The predicted octanol–water partition coefficient (Wildman–Crippen LogP) is 3.44. The number of aryl methyl sites for hydroxylation is 1. The minimum absolute atomic E-state index is 0.0319. The van der Waals surface area contributed by atoms with Crippen molar-refractivity contribution < 1.29 is 4.42 Å². The van der Waals surface area contributed by atoms with Crippen LogP contribution < -0.4 is 5.73 Å². The van der Waals surface area contributed by atoms with Crippen LogP contribution in [0.25, 0.3) is 0 Å². The van der Waals surface area contributed by atoms with Gasteiger partial charge in [-0.05, 0) is 58.7 Å². The van der Waals surface area contributed by atoms with Crippen molar-refractivity contribution in [1.29, 1.82) is 0 Å². The molecule has 0 aliphatic rings. The largest absolute Gasteiger partial charge is 0.472 e. The van der Waals surface area contributed by atoms with Gasteiger partial charge in [0.15, 0.2) is 0 Å². The topological polar surface area (TPSA) is 39.2 Å². The van der Waals surface area contributed by atoms with Gasteiger partial charge in [-0.25, -0.2) is 0 Å². The van der Waals surface area contributed by atoms with Crippen LogP contribution in [-0.4, -0.2) is 0 Å². The molecular weight excluding hydrogens is 313 g/mol. The summed E-state index contributed by atoms with van der Waals surface area (Å²) in [6.07, 6.45) is 4.25. The Bertz CT molecular complexity index is 465. The second-order valence-electron chi connectivity index (χ2n) is 3.92. The lowest BCUT2D eigenvalue weighted by Gasteiger charge is -2.14. The molecule has 0 radical (unpaired) electrons. The number of furan rings is 1. The van der Waals surface area contributed by atoms with Crippen molar-refractivity contribution in [2.45, 2.75) is 19.4 Å². The first-order chi connectivity index (χ1) is 7.68. The second kappa shape index (κ2) is 5.01. The second-order valence-corrected chi connectivity index (χ2v) is 5.00. The van der Waals surface area contributed by atoms with Crippen LogP contribution in [0.2, 0.25) is 0 Å². The van der Waals surface area contributed by atoms with Gasteiger partial charge >= 0.3 is 0 Å². The Morgan fingerprint density at radius 3 is 2.88 bits per heavy atom. The van der Waals surface area contributed by atoms with Crippen LogP contribution in [-0.2, 0) is 6.42 Å². The summed E-state index contributed by atoms with van der Waals surface area (Å²) >= 11 is 2.36. The number of nitrogens with two attached hydrogens (primary N) is 1. The Hall–Kier alpha value is -0.810. The molecule has 1 heterocycles. The molecule has 16 heavy (non-hydrogen) atoms. The van der Waals surface area contributed by atoms with E-state index in [0.29, 0.717) is 0 Å². The van der Waals surface area contributed by atoms with E-state index in [4.69, 9.17) is 10.2 Å². The van der Waals surface area contributed by atoms with Gasteiger partial charge in [0, 0.05) is 9.61 Å². The van der Waals surface area contributed by atoms with E-state index in [1.807, 2.05) is 6.07 Å². The van der Waals surface area contributed by atoms with Crippen molar-refractivity contribution in [2.24, 2.45) is 5.73 Å². The zero-order chi connectivity index (χ0) is 11.5. The van der Waals surface area contributed by atoms with Crippen LogP contribution in [0.5, 0.6) is 0 Å². The number of hydrogen-bond acceptors (Lipinski definition) is 2. The number of halogens is 1. The Morgan fingerprint density at radius 2 is 2.19 bits per heavy atom. The van der Waals surface area contributed by atoms with Crippen molar-refractivity contribution in [2.75, 3.05) is 0 Å². The van der Waals surface area contributed by atoms with Gasteiger partial charge in [-0.2, -0.15) is 0 Å². The zero-order valence-corrected chi connectivity index (χ0v) is 11.3. The third-order valence-corrected chi connectivity index (χ3v) is 4.13.